The van der Waals surface area contributed by atoms with Crippen molar-refractivity contribution in [2.75, 3.05) is 46.9 Å². The van der Waals surface area contributed by atoms with Crippen LogP contribution in [0.25, 0.3) is 0 Å². The summed E-state index contributed by atoms with van der Waals surface area (Å²) in [7, 11) is 4.27. The highest BCUT2D eigenvalue weighted by Crippen LogP contribution is 2.39. The van der Waals surface area contributed by atoms with Crippen LogP contribution in [0, 0.1) is 17.3 Å². The second-order valence-electron chi connectivity index (χ2n) is 7.77. The number of likely N-dealkylation sites (N-methyl/N-ethyl adjacent to an activating group) is 1. The van der Waals surface area contributed by atoms with Crippen molar-refractivity contribution in [2.45, 2.75) is 46.5 Å². The minimum Gasteiger partial charge on any atom is -0.396 e. The van der Waals surface area contributed by atoms with Crippen molar-refractivity contribution in [1.82, 2.24) is 9.80 Å². The summed E-state index contributed by atoms with van der Waals surface area (Å²) in [6.07, 6.45) is 4.95. The van der Waals surface area contributed by atoms with E-state index in [9.17, 15) is 5.11 Å². The Kier molecular flexibility index (Phi) is 7.49. The normalized spacial score (nSPS) is 27.8. The van der Waals surface area contributed by atoms with Gasteiger partial charge in [-0.15, -0.1) is 0 Å². The Hall–Kier alpha value is -0.120. The highest BCUT2D eigenvalue weighted by molar-refractivity contribution is 4.87. The number of rotatable bonds is 8. The number of nitrogens with zero attached hydrogens (tertiary/aromatic N) is 2. The maximum atomic E-state index is 9.95. The molecule has 20 heavy (non-hydrogen) atoms. The molecule has 120 valence electrons. The third-order valence-electron chi connectivity index (χ3n) is 4.72. The topological polar surface area (TPSA) is 26.7 Å². The summed E-state index contributed by atoms with van der Waals surface area (Å²) >= 11 is 0. The lowest BCUT2D eigenvalue weighted by Gasteiger charge is -2.42. The average molecular weight is 284 g/mol. The van der Waals surface area contributed by atoms with Gasteiger partial charge >= 0.3 is 0 Å². The van der Waals surface area contributed by atoms with E-state index in [-0.39, 0.29) is 5.41 Å². The van der Waals surface area contributed by atoms with Crippen molar-refractivity contribution < 1.29 is 5.11 Å². The van der Waals surface area contributed by atoms with Gasteiger partial charge < -0.3 is 14.9 Å². The molecule has 1 aliphatic rings. The highest BCUT2D eigenvalue weighted by atomic mass is 16.3. The van der Waals surface area contributed by atoms with Gasteiger partial charge in [-0.2, -0.15) is 0 Å². The summed E-state index contributed by atoms with van der Waals surface area (Å²) in [4.78, 5) is 4.83. The van der Waals surface area contributed by atoms with Gasteiger partial charge in [0.1, 0.15) is 0 Å². The van der Waals surface area contributed by atoms with Crippen LogP contribution < -0.4 is 0 Å². The van der Waals surface area contributed by atoms with E-state index < -0.39 is 0 Å². The Balaban J connectivity index is 2.60. The fourth-order valence-corrected chi connectivity index (χ4v) is 3.31. The molecule has 0 saturated heterocycles. The predicted octanol–water partition coefficient (Wildman–Crippen LogP) is 2.69. The molecule has 3 heteroatoms. The van der Waals surface area contributed by atoms with E-state index in [1.165, 1.54) is 25.7 Å². The Morgan fingerprint density at radius 3 is 2.20 bits per heavy atom. The monoisotopic (exact) mass is 284 g/mol. The van der Waals surface area contributed by atoms with Gasteiger partial charge in [-0.05, 0) is 38.8 Å². The van der Waals surface area contributed by atoms with E-state index in [1.807, 2.05) is 0 Å². The molecule has 0 aromatic rings. The summed E-state index contributed by atoms with van der Waals surface area (Å²) in [5, 5.41) is 9.95. The first kappa shape index (κ1) is 17.9. The van der Waals surface area contributed by atoms with E-state index in [0.717, 1.165) is 32.1 Å². The van der Waals surface area contributed by atoms with Crippen LogP contribution >= 0.6 is 0 Å². The average Bonchev–Trinajstić information content (AvgIpc) is 2.38. The first-order valence-electron chi connectivity index (χ1n) is 8.35. The third-order valence-corrected chi connectivity index (χ3v) is 4.72. The SMILES string of the molecule is CC(C)CN(CCN(C)C)CC1(CO)CCC(C)CC1. The zero-order valence-electron chi connectivity index (χ0n) is 14.4. The van der Waals surface area contributed by atoms with Gasteiger partial charge in [0.2, 0.25) is 0 Å². The van der Waals surface area contributed by atoms with Crippen LogP contribution in [0.2, 0.25) is 0 Å². The molecule has 0 bridgehead atoms. The lowest BCUT2D eigenvalue weighted by molar-refractivity contribution is 0.0244. The van der Waals surface area contributed by atoms with Crippen molar-refractivity contribution >= 4 is 0 Å². The van der Waals surface area contributed by atoms with E-state index in [4.69, 9.17) is 0 Å². The van der Waals surface area contributed by atoms with Crippen LogP contribution in [-0.4, -0.2) is 61.8 Å². The smallest absolute Gasteiger partial charge is 0.0499 e. The van der Waals surface area contributed by atoms with Gasteiger partial charge in [-0.3, -0.25) is 0 Å². The number of hydrogen-bond donors (Lipinski definition) is 1. The van der Waals surface area contributed by atoms with Crippen molar-refractivity contribution in [3.05, 3.63) is 0 Å². The largest absolute Gasteiger partial charge is 0.396 e. The molecule has 1 fully saturated rings. The summed E-state index contributed by atoms with van der Waals surface area (Å²) in [6.45, 7) is 11.7. The molecule has 3 nitrogen and oxygen atoms in total. The molecule has 1 saturated carbocycles. The highest BCUT2D eigenvalue weighted by Gasteiger charge is 2.35. The summed E-state index contributed by atoms with van der Waals surface area (Å²) in [5.41, 5.74) is 0.160. The van der Waals surface area contributed by atoms with Gasteiger partial charge in [0.25, 0.3) is 0 Å². The van der Waals surface area contributed by atoms with Gasteiger partial charge in [0.05, 0.1) is 0 Å². The van der Waals surface area contributed by atoms with E-state index in [0.29, 0.717) is 12.5 Å². The molecular weight excluding hydrogens is 248 g/mol. The van der Waals surface area contributed by atoms with Crippen LogP contribution in [-0.2, 0) is 0 Å². The second kappa shape index (κ2) is 8.35. The zero-order valence-corrected chi connectivity index (χ0v) is 14.4. The Labute approximate surface area is 126 Å². The summed E-state index contributed by atoms with van der Waals surface area (Å²) in [6, 6.07) is 0. The van der Waals surface area contributed by atoms with Crippen molar-refractivity contribution in [1.29, 1.82) is 0 Å². The minimum absolute atomic E-state index is 0.160. The summed E-state index contributed by atoms with van der Waals surface area (Å²) < 4.78 is 0. The van der Waals surface area contributed by atoms with Crippen LogP contribution in [0.3, 0.4) is 0 Å². The lowest BCUT2D eigenvalue weighted by atomic mass is 9.71. The van der Waals surface area contributed by atoms with Crippen LogP contribution in [0.5, 0.6) is 0 Å². The fraction of sp³-hybridized carbons (Fsp3) is 1.00. The molecule has 0 heterocycles. The third kappa shape index (κ3) is 6.11. The summed E-state index contributed by atoms with van der Waals surface area (Å²) in [5.74, 6) is 1.53. The first-order chi connectivity index (χ1) is 9.37. The number of aliphatic hydroxyl groups excluding tert-OH is 1. The molecule has 0 spiro atoms. The molecule has 0 atom stereocenters. The van der Waals surface area contributed by atoms with Gasteiger partial charge in [-0.1, -0.05) is 33.6 Å². The second-order valence-corrected chi connectivity index (χ2v) is 7.77. The standard InChI is InChI=1S/C17H36N2O/c1-15(2)12-19(11-10-18(4)5)13-17(14-20)8-6-16(3)7-9-17/h15-16,20H,6-14H2,1-5H3. The number of hydrogen-bond acceptors (Lipinski definition) is 3. The molecule has 1 N–H and O–H groups in total. The molecule has 0 amide bonds. The van der Waals surface area contributed by atoms with Crippen molar-refractivity contribution in [3.63, 3.8) is 0 Å². The Bertz CT molecular complexity index is 258. The van der Waals surface area contributed by atoms with Crippen LogP contribution in [0.4, 0.5) is 0 Å². The van der Waals surface area contributed by atoms with E-state index in [2.05, 4.69) is 44.7 Å². The molecule has 1 rings (SSSR count). The predicted molar refractivity (Wildman–Crippen MR) is 87.0 cm³/mol. The van der Waals surface area contributed by atoms with Crippen molar-refractivity contribution in [3.8, 4) is 0 Å². The number of aliphatic hydroxyl groups is 1. The Morgan fingerprint density at radius 1 is 1.15 bits per heavy atom. The first-order valence-corrected chi connectivity index (χ1v) is 8.35. The van der Waals surface area contributed by atoms with E-state index >= 15 is 0 Å². The van der Waals surface area contributed by atoms with Crippen LogP contribution in [0.15, 0.2) is 0 Å². The fourth-order valence-electron chi connectivity index (χ4n) is 3.31. The molecule has 0 aromatic heterocycles. The van der Waals surface area contributed by atoms with Gasteiger partial charge in [0.15, 0.2) is 0 Å². The molecule has 0 radical (unpaired) electrons. The zero-order chi connectivity index (χ0) is 15.2. The molecular formula is C17H36N2O. The Morgan fingerprint density at radius 2 is 1.75 bits per heavy atom. The van der Waals surface area contributed by atoms with Crippen molar-refractivity contribution in [2.24, 2.45) is 17.3 Å². The lowest BCUT2D eigenvalue weighted by Crippen LogP contribution is -2.45. The molecule has 1 aliphatic carbocycles. The quantitative estimate of drug-likeness (QED) is 0.742. The van der Waals surface area contributed by atoms with E-state index in [1.54, 1.807) is 0 Å². The van der Waals surface area contributed by atoms with Crippen LogP contribution in [0.1, 0.15) is 46.5 Å². The van der Waals surface area contributed by atoms with Gasteiger partial charge in [-0.25, -0.2) is 0 Å². The maximum absolute atomic E-state index is 9.95. The molecule has 0 unspecified atom stereocenters. The minimum atomic E-state index is 0.160. The molecule has 0 aliphatic heterocycles. The van der Waals surface area contributed by atoms with Gasteiger partial charge in [0, 0.05) is 38.2 Å². The molecule has 0 aromatic carbocycles. The maximum Gasteiger partial charge on any atom is 0.0499 e.